The first-order valence-electron chi connectivity index (χ1n) is 6.50. The molecular formula is C16H14Br2ClNO2. The van der Waals surface area contributed by atoms with Crippen molar-refractivity contribution in [2.24, 2.45) is 0 Å². The fourth-order valence-corrected chi connectivity index (χ4v) is 3.06. The first kappa shape index (κ1) is 17.3. The number of carbonyl (C=O) groups excluding carboxylic acids is 1. The molecule has 0 spiro atoms. The Kier molecular flexibility index (Phi) is 6.29. The zero-order valence-corrected chi connectivity index (χ0v) is 15.7. The van der Waals surface area contributed by atoms with Crippen LogP contribution < -0.4 is 10.1 Å². The van der Waals surface area contributed by atoms with Crippen LogP contribution in [0.4, 0.5) is 5.69 Å². The van der Waals surface area contributed by atoms with Crippen LogP contribution in [0.25, 0.3) is 0 Å². The van der Waals surface area contributed by atoms with Gasteiger partial charge in [0.25, 0.3) is 0 Å². The zero-order chi connectivity index (χ0) is 16.1. The van der Waals surface area contributed by atoms with Crippen molar-refractivity contribution in [3.63, 3.8) is 0 Å². The van der Waals surface area contributed by atoms with Crippen LogP contribution in [0.15, 0.2) is 48.5 Å². The maximum Gasteiger partial charge on any atom is 0.239 e. The van der Waals surface area contributed by atoms with Gasteiger partial charge in [0.1, 0.15) is 10.6 Å². The molecule has 0 fully saturated rings. The smallest absolute Gasteiger partial charge is 0.239 e. The van der Waals surface area contributed by atoms with Crippen molar-refractivity contribution in [1.29, 1.82) is 0 Å². The van der Waals surface area contributed by atoms with Crippen molar-refractivity contribution in [1.82, 2.24) is 0 Å². The summed E-state index contributed by atoms with van der Waals surface area (Å²) in [7, 11) is 1.54. The minimum atomic E-state index is -0.446. The third kappa shape index (κ3) is 4.24. The highest BCUT2D eigenvalue weighted by Crippen LogP contribution is 2.33. The molecule has 0 aromatic heterocycles. The topological polar surface area (TPSA) is 38.3 Å². The maximum atomic E-state index is 12.4. The summed E-state index contributed by atoms with van der Waals surface area (Å²) in [6, 6.07) is 14.8. The number of anilines is 1. The van der Waals surface area contributed by atoms with Crippen LogP contribution in [0, 0.1) is 0 Å². The van der Waals surface area contributed by atoms with Gasteiger partial charge >= 0.3 is 0 Å². The van der Waals surface area contributed by atoms with Crippen molar-refractivity contribution in [3.8, 4) is 5.75 Å². The number of carbonyl (C=O) groups is 1. The van der Waals surface area contributed by atoms with E-state index in [2.05, 4.69) is 37.2 Å². The quantitative estimate of drug-likeness (QED) is 0.641. The van der Waals surface area contributed by atoms with Gasteiger partial charge in [-0.1, -0.05) is 73.8 Å². The van der Waals surface area contributed by atoms with Gasteiger partial charge < -0.3 is 10.1 Å². The van der Waals surface area contributed by atoms with E-state index in [9.17, 15) is 4.79 Å². The van der Waals surface area contributed by atoms with Gasteiger partial charge in [-0.2, -0.15) is 0 Å². The van der Waals surface area contributed by atoms with Crippen LogP contribution in [-0.4, -0.2) is 17.8 Å². The van der Waals surface area contributed by atoms with Crippen molar-refractivity contribution in [2.75, 3.05) is 12.4 Å². The Balaban J connectivity index is 2.13. The third-order valence-electron chi connectivity index (χ3n) is 3.04. The van der Waals surface area contributed by atoms with E-state index in [-0.39, 0.29) is 10.7 Å². The molecule has 0 heterocycles. The van der Waals surface area contributed by atoms with E-state index in [4.69, 9.17) is 16.3 Å². The zero-order valence-electron chi connectivity index (χ0n) is 11.7. The Bertz CT molecular complexity index is 652. The number of nitrogens with one attached hydrogen (secondary N) is 1. The number of rotatable bonds is 5. The fraction of sp³-hybridized carbons (Fsp3) is 0.188. The second-order valence-corrected chi connectivity index (χ2v) is 6.96. The van der Waals surface area contributed by atoms with Gasteiger partial charge in [-0.05, 0) is 23.8 Å². The lowest BCUT2D eigenvalue weighted by Crippen LogP contribution is -2.26. The largest absolute Gasteiger partial charge is 0.495 e. The van der Waals surface area contributed by atoms with Gasteiger partial charge in [0.15, 0.2) is 0 Å². The van der Waals surface area contributed by atoms with E-state index in [0.717, 1.165) is 5.56 Å². The SMILES string of the molecule is COc1ccc(Cl)cc1NC(=O)[C@@H](Br)[C@@H](Br)c1ccccc1. The van der Waals surface area contributed by atoms with Gasteiger partial charge in [0.05, 0.1) is 17.6 Å². The highest BCUT2D eigenvalue weighted by atomic mass is 79.9. The van der Waals surface area contributed by atoms with Gasteiger partial charge in [0.2, 0.25) is 5.91 Å². The molecule has 1 amide bonds. The highest BCUT2D eigenvalue weighted by molar-refractivity contribution is 9.12. The summed E-state index contributed by atoms with van der Waals surface area (Å²) in [5, 5.41) is 3.36. The van der Waals surface area contributed by atoms with Crippen LogP contribution in [0.5, 0.6) is 5.75 Å². The summed E-state index contributed by atoms with van der Waals surface area (Å²) in [5.41, 5.74) is 1.55. The van der Waals surface area contributed by atoms with Crippen molar-refractivity contribution in [2.45, 2.75) is 9.65 Å². The molecule has 0 saturated heterocycles. The second kappa shape index (κ2) is 7.99. The number of benzene rings is 2. The molecule has 2 atom stereocenters. The van der Waals surface area contributed by atoms with Gasteiger partial charge in [-0.15, -0.1) is 0 Å². The van der Waals surface area contributed by atoms with Gasteiger partial charge in [0, 0.05) is 5.02 Å². The van der Waals surface area contributed by atoms with Gasteiger partial charge in [-0.3, -0.25) is 4.79 Å². The van der Waals surface area contributed by atoms with Gasteiger partial charge in [-0.25, -0.2) is 0 Å². The fourth-order valence-electron chi connectivity index (χ4n) is 1.92. The van der Waals surface area contributed by atoms with Crippen molar-refractivity contribution < 1.29 is 9.53 Å². The summed E-state index contributed by atoms with van der Waals surface area (Å²) in [6.07, 6.45) is 0. The second-order valence-electron chi connectivity index (χ2n) is 4.55. The number of alkyl halides is 2. The summed E-state index contributed by atoms with van der Waals surface area (Å²) in [6.45, 7) is 0. The minimum Gasteiger partial charge on any atom is -0.495 e. The Hall–Kier alpha value is -1.04. The monoisotopic (exact) mass is 445 g/mol. The highest BCUT2D eigenvalue weighted by Gasteiger charge is 2.25. The van der Waals surface area contributed by atoms with E-state index >= 15 is 0 Å². The first-order valence-corrected chi connectivity index (χ1v) is 8.71. The molecule has 0 aliphatic heterocycles. The predicted octanol–water partition coefficient (Wildman–Crippen LogP) is 5.19. The Labute approximate surface area is 151 Å². The number of amides is 1. The molecule has 3 nitrogen and oxygen atoms in total. The Morgan fingerprint density at radius 3 is 2.50 bits per heavy atom. The third-order valence-corrected chi connectivity index (χ3v) is 5.99. The van der Waals surface area contributed by atoms with Crippen LogP contribution in [0.2, 0.25) is 5.02 Å². The Morgan fingerprint density at radius 2 is 1.86 bits per heavy atom. The average molecular weight is 448 g/mol. The molecule has 2 aromatic rings. The molecular weight excluding hydrogens is 433 g/mol. The Morgan fingerprint density at radius 1 is 1.18 bits per heavy atom. The lowest BCUT2D eigenvalue weighted by molar-refractivity contribution is -0.115. The molecule has 0 radical (unpaired) electrons. The lowest BCUT2D eigenvalue weighted by atomic mass is 10.1. The normalized spacial score (nSPS) is 13.3. The molecule has 2 rings (SSSR count). The summed E-state index contributed by atoms with van der Waals surface area (Å²) in [4.78, 5) is 11.8. The molecule has 22 heavy (non-hydrogen) atoms. The molecule has 0 bridgehead atoms. The number of hydrogen-bond acceptors (Lipinski definition) is 2. The summed E-state index contributed by atoms with van der Waals surface area (Å²) >= 11 is 13.0. The molecule has 0 aliphatic carbocycles. The predicted molar refractivity (Wildman–Crippen MR) is 97.5 cm³/mol. The molecule has 0 unspecified atom stereocenters. The van der Waals surface area contributed by atoms with Crippen LogP contribution >= 0.6 is 43.5 Å². The molecule has 6 heteroatoms. The van der Waals surface area contributed by atoms with Crippen LogP contribution in [0.3, 0.4) is 0 Å². The molecule has 1 N–H and O–H groups in total. The summed E-state index contributed by atoms with van der Waals surface area (Å²) < 4.78 is 5.23. The minimum absolute atomic E-state index is 0.154. The standard InChI is InChI=1S/C16H14Br2ClNO2/c1-22-13-8-7-11(19)9-12(13)20-16(21)15(18)14(17)10-5-3-2-4-6-10/h2-9,14-15H,1H3,(H,20,21)/t14-,15-/m0/s1. The molecule has 2 aromatic carbocycles. The van der Waals surface area contributed by atoms with Crippen LogP contribution in [-0.2, 0) is 4.79 Å². The van der Waals surface area contributed by atoms with E-state index in [1.807, 2.05) is 30.3 Å². The summed E-state index contributed by atoms with van der Waals surface area (Å²) in [5.74, 6) is 0.370. The van der Waals surface area contributed by atoms with E-state index in [1.165, 1.54) is 0 Å². The number of ether oxygens (including phenoxy) is 1. The van der Waals surface area contributed by atoms with Crippen molar-refractivity contribution in [3.05, 3.63) is 59.1 Å². The molecule has 0 saturated carbocycles. The van der Waals surface area contributed by atoms with Crippen LogP contribution in [0.1, 0.15) is 10.4 Å². The number of halogens is 3. The van der Waals surface area contributed by atoms with Crippen molar-refractivity contribution >= 4 is 55.1 Å². The molecule has 116 valence electrons. The van der Waals surface area contributed by atoms with E-state index < -0.39 is 4.83 Å². The lowest BCUT2D eigenvalue weighted by Gasteiger charge is -2.18. The number of hydrogen-bond donors (Lipinski definition) is 1. The van der Waals surface area contributed by atoms with E-state index in [1.54, 1.807) is 25.3 Å². The maximum absolute atomic E-state index is 12.4. The first-order chi connectivity index (χ1) is 10.5. The average Bonchev–Trinajstić information content (AvgIpc) is 2.54. The molecule has 0 aliphatic rings. The van der Waals surface area contributed by atoms with E-state index in [0.29, 0.717) is 16.5 Å². The number of methoxy groups -OCH3 is 1.